The van der Waals surface area contributed by atoms with Gasteiger partial charge in [0.05, 0.1) is 5.02 Å². The van der Waals surface area contributed by atoms with Gasteiger partial charge in [0, 0.05) is 12.6 Å². The maximum Gasteiger partial charge on any atom is 0.268 e. The van der Waals surface area contributed by atoms with Gasteiger partial charge in [-0.25, -0.2) is 4.39 Å². The highest BCUT2D eigenvalue weighted by Gasteiger charge is 2.09. The smallest absolute Gasteiger partial charge is 0.268 e. The standard InChI is InChI=1S/C13H10ClFN2O2/c14-12-8(3-1-4-9(12)15)7-16-13(19)10-5-2-6-11(18)17-10/h1-6H,7H2,(H,16,19)(H,17,18). The molecule has 1 aromatic heterocycles. The van der Waals surface area contributed by atoms with E-state index in [-0.39, 0.29) is 22.8 Å². The Labute approximate surface area is 113 Å². The lowest BCUT2D eigenvalue weighted by atomic mass is 10.2. The van der Waals surface area contributed by atoms with Crippen LogP contribution in [0.4, 0.5) is 4.39 Å². The number of nitrogens with one attached hydrogen (secondary N) is 2. The zero-order valence-corrected chi connectivity index (χ0v) is 10.5. The number of aromatic amines is 1. The van der Waals surface area contributed by atoms with Crippen LogP contribution in [0.5, 0.6) is 0 Å². The summed E-state index contributed by atoms with van der Waals surface area (Å²) < 4.78 is 13.2. The predicted molar refractivity (Wildman–Crippen MR) is 69.6 cm³/mol. The molecule has 1 aromatic carbocycles. The van der Waals surface area contributed by atoms with Gasteiger partial charge in [-0.2, -0.15) is 0 Å². The lowest BCUT2D eigenvalue weighted by Crippen LogP contribution is -2.25. The molecule has 1 amide bonds. The molecule has 0 bridgehead atoms. The van der Waals surface area contributed by atoms with Gasteiger partial charge < -0.3 is 10.3 Å². The molecule has 0 aliphatic heterocycles. The Bertz CT molecular complexity index is 670. The average Bonchev–Trinajstić information content (AvgIpc) is 2.40. The second-order valence-corrected chi connectivity index (χ2v) is 4.20. The van der Waals surface area contributed by atoms with Crippen LogP contribution in [-0.4, -0.2) is 10.9 Å². The van der Waals surface area contributed by atoms with Gasteiger partial charge >= 0.3 is 0 Å². The Morgan fingerprint density at radius 2 is 2.00 bits per heavy atom. The molecule has 0 aliphatic rings. The molecule has 0 saturated carbocycles. The van der Waals surface area contributed by atoms with Gasteiger partial charge in [-0.1, -0.05) is 29.8 Å². The van der Waals surface area contributed by atoms with Gasteiger partial charge in [-0.05, 0) is 17.7 Å². The van der Waals surface area contributed by atoms with Crippen molar-refractivity contribution >= 4 is 17.5 Å². The fraction of sp³-hybridized carbons (Fsp3) is 0.0769. The Kier molecular flexibility index (Phi) is 3.97. The molecule has 0 radical (unpaired) electrons. The Hall–Kier alpha value is -2.14. The second-order valence-electron chi connectivity index (χ2n) is 3.82. The molecule has 0 atom stereocenters. The summed E-state index contributed by atoms with van der Waals surface area (Å²) in [6.07, 6.45) is 0. The minimum absolute atomic E-state index is 0.0237. The van der Waals surface area contributed by atoms with Gasteiger partial charge in [0.25, 0.3) is 5.91 Å². The summed E-state index contributed by atoms with van der Waals surface area (Å²) in [5, 5.41) is 2.53. The van der Waals surface area contributed by atoms with E-state index in [2.05, 4.69) is 10.3 Å². The summed E-state index contributed by atoms with van der Waals surface area (Å²) in [5.41, 5.74) is 0.241. The molecule has 6 heteroatoms. The van der Waals surface area contributed by atoms with Crippen molar-refractivity contribution < 1.29 is 9.18 Å². The van der Waals surface area contributed by atoms with E-state index < -0.39 is 11.7 Å². The maximum absolute atomic E-state index is 13.2. The van der Waals surface area contributed by atoms with Crippen LogP contribution in [0.3, 0.4) is 0 Å². The molecule has 0 fully saturated rings. The third kappa shape index (κ3) is 3.20. The van der Waals surface area contributed by atoms with Crippen molar-refractivity contribution in [2.75, 3.05) is 0 Å². The highest BCUT2D eigenvalue weighted by atomic mass is 35.5. The minimum Gasteiger partial charge on any atom is -0.347 e. The first-order valence-electron chi connectivity index (χ1n) is 5.48. The van der Waals surface area contributed by atoms with Crippen molar-refractivity contribution in [3.8, 4) is 0 Å². The predicted octanol–water partition coefficient (Wildman–Crippen LogP) is 2.10. The van der Waals surface area contributed by atoms with Crippen LogP contribution in [0.1, 0.15) is 16.1 Å². The number of pyridine rings is 1. The number of hydrogen-bond donors (Lipinski definition) is 2. The van der Waals surface area contributed by atoms with Crippen molar-refractivity contribution in [3.05, 3.63) is 68.8 Å². The summed E-state index contributed by atoms with van der Waals surface area (Å²) in [5.74, 6) is -1.00. The van der Waals surface area contributed by atoms with E-state index in [9.17, 15) is 14.0 Å². The average molecular weight is 281 g/mol. The van der Waals surface area contributed by atoms with Gasteiger partial charge in [-0.3, -0.25) is 9.59 Å². The lowest BCUT2D eigenvalue weighted by molar-refractivity contribution is 0.0945. The molecular weight excluding hydrogens is 271 g/mol. The van der Waals surface area contributed by atoms with Crippen LogP contribution >= 0.6 is 11.6 Å². The normalized spacial score (nSPS) is 10.2. The van der Waals surface area contributed by atoms with Crippen LogP contribution < -0.4 is 10.9 Å². The number of amides is 1. The molecular formula is C13H10ClFN2O2. The Balaban J connectivity index is 2.09. The molecule has 0 spiro atoms. The van der Waals surface area contributed by atoms with Gasteiger partial charge in [0.2, 0.25) is 5.56 Å². The van der Waals surface area contributed by atoms with Crippen molar-refractivity contribution in [1.82, 2.24) is 10.3 Å². The Morgan fingerprint density at radius 1 is 1.26 bits per heavy atom. The van der Waals surface area contributed by atoms with Crippen LogP contribution in [0.15, 0.2) is 41.2 Å². The SMILES string of the molecule is O=C(NCc1cccc(F)c1Cl)c1cccc(=O)[nH]1. The van der Waals surface area contributed by atoms with E-state index in [1.54, 1.807) is 6.07 Å². The highest BCUT2D eigenvalue weighted by molar-refractivity contribution is 6.31. The number of halogens is 2. The topological polar surface area (TPSA) is 62.0 Å². The lowest BCUT2D eigenvalue weighted by Gasteiger charge is -2.07. The largest absolute Gasteiger partial charge is 0.347 e. The van der Waals surface area contributed by atoms with Gasteiger partial charge in [-0.15, -0.1) is 0 Å². The third-order valence-electron chi connectivity index (χ3n) is 2.48. The second kappa shape index (κ2) is 5.67. The number of hydrogen-bond acceptors (Lipinski definition) is 2. The number of benzene rings is 1. The first-order chi connectivity index (χ1) is 9.08. The number of H-pyrrole nitrogens is 1. The fourth-order valence-electron chi connectivity index (χ4n) is 1.54. The third-order valence-corrected chi connectivity index (χ3v) is 2.91. The molecule has 0 saturated heterocycles. The van der Waals surface area contributed by atoms with Crippen LogP contribution in [0.2, 0.25) is 5.02 Å². The number of carbonyl (C=O) groups is 1. The minimum atomic E-state index is -0.540. The van der Waals surface area contributed by atoms with Crippen LogP contribution in [-0.2, 0) is 6.54 Å². The Morgan fingerprint density at radius 3 is 2.74 bits per heavy atom. The summed E-state index contributed by atoms with van der Waals surface area (Å²) in [6.45, 7) is 0.0757. The molecule has 0 aliphatic carbocycles. The molecule has 19 heavy (non-hydrogen) atoms. The number of rotatable bonds is 3. The fourth-order valence-corrected chi connectivity index (χ4v) is 1.73. The van der Waals surface area contributed by atoms with E-state index in [1.165, 1.54) is 30.3 Å². The van der Waals surface area contributed by atoms with E-state index in [1.807, 2.05) is 0 Å². The summed E-state index contributed by atoms with van der Waals surface area (Å²) in [7, 11) is 0. The summed E-state index contributed by atoms with van der Waals surface area (Å²) in [6, 6.07) is 8.61. The molecule has 2 rings (SSSR count). The van der Waals surface area contributed by atoms with Crippen molar-refractivity contribution in [2.45, 2.75) is 6.54 Å². The van der Waals surface area contributed by atoms with E-state index in [0.717, 1.165) is 0 Å². The quantitative estimate of drug-likeness (QED) is 0.904. The van der Waals surface area contributed by atoms with E-state index in [0.29, 0.717) is 5.56 Å². The number of aromatic nitrogens is 1. The molecule has 4 nitrogen and oxygen atoms in total. The zero-order chi connectivity index (χ0) is 13.8. The van der Waals surface area contributed by atoms with Crippen molar-refractivity contribution in [3.63, 3.8) is 0 Å². The molecule has 1 heterocycles. The molecule has 0 unspecified atom stereocenters. The molecule has 98 valence electrons. The zero-order valence-electron chi connectivity index (χ0n) is 9.74. The van der Waals surface area contributed by atoms with Crippen molar-refractivity contribution in [1.29, 1.82) is 0 Å². The van der Waals surface area contributed by atoms with Gasteiger partial charge in [0.15, 0.2) is 0 Å². The van der Waals surface area contributed by atoms with E-state index >= 15 is 0 Å². The van der Waals surface area contributed by atoms with Crippen LogP contribution in [0.25, 0.3) is 0 Å². The number of carbonyl (C=O) groups excluding carboxylic acids is 1. The van der Waals surface area contributed by atoms with Crippen molar-refractivity contribution in [2.24, 2.45) is 0 Å². The van der Waals surface area contributed by atoms with Crippen LogP contribution in [0, 0.1) is 5.82 Å². The monoisotopic (exact) mass is 280 g/mol. The highest BCUT2D eigenvalue weighted by Crippen LogP contribution is 2.19. The first-order valence-corrected chi connectivity index (χ1v) is 5.86. The van der Waals surface area contributed by atoms with E-state index in [4.69, 9.17) is 11.6 Å². The maximum atomic E-state index is 13.2. The molecule has 2 N–H and O–H groups in total. The summed E-state index contributed by atoms with van der Waals surface area (Å²) in [4.78, 5) is 25.2. The molecule has 2 aromatic rings. The van der Waals surface area contributed by atoms with Gasteiger partial charge in [0.1, 0.15) is 11.5 Å². The summed E-state index contributed by atoms with van der Waals surface area (Å²) >= 11 is 5.76. The first kappa shape index (κ1) is 13.3.